The van der Waals surface area contributed by atoms with Crippen LogP contribution in [0.3, 0.4) is 0 Å². The smallest absolute Gasteiger partial charge is 0.138 e. The van der Waals surface area contributed by atoms with Gasteiger partial charge in [-0.15, -0.1) is 0 Å². The van der Waals surface area contributed by atoms with E-state index in [-0.39, 0.29) is 0 Å². The maximum Gasteiger partial charge on any atom is 0.138 e. The Morgan fingerprint density at radius 1 is 1.50 bits per heavy atom. The summed E-state index contributed by atoms with van der Waals surface area (Å²) < 4.78 is 5.14. The fraction of sp³-hybridized carbons (Fsp3) is 0.750. The van der Waals surface area contributed by atoms with Gasteiger partial charge in [-0.3, -0.25) is 0 Å². The molecule has 0 aromatic carbocycles. The molecule has 90 valence electrons. The van der Waals surface area contributed by atoms with Gasteiger partial charge in [-0.1, -0.05) is 5.16 Å². The molecule has 1 aromatic heterocycles. The number of likely N-dealkylation sites (tertiary alicyclic amines) is 1. The van der Waals surface area contributed by atoms with Gasteiger partial charge in [0.1, 0.15) is 5.76 Å². The van der Waals surface area contributed by atoms with Crippen molar-refractivity contribution >= 4 is 0 Å². The summed E-state index contributed by atoms with van der Waals surface area (Å²) in [5.41, 5.74) is 2.22. The van der Waals surface area contributed by atoms with Gasteiger partial charge in [0.15, 0.2) is 0 Å². The minimum Gasteiger partial charge on any atom is -0.361 e. The second-order valence-corrected chi connectivity index (χ2v) is 4.85. The Morgan fingerprint density at radius 2 is 2.31 bits per heavy atom. The first-order valence-corrected chi connectivity index (χ1v) is 5.98. The lowest BCUT2D eigenvalue weighted by Crippen LogP contribution is -2.25. The number of nitrogens with one attached hydrogen (secondary N) is 1. The van der Waals surface area contributed by atoms with Crippen LogP contribution in [0.15, 0.2) is 4.52 Å². The van der Waals surface area contributed by atoms with E-state index in [1.54, 1.807) is 0 Å². The number of rotatable bonds is 4. The largest absolute Gasteiger partial charge is 0.361 e. The van der Waals surface area contributed by atoms with E-state index in [0.29, 0.717) is 0 Å². The summed E-state index contributed by atoms with van der Waals surface area (Å²) in [4.78, 5) is 2.39. The number of hydrogen-bond donors (Lipinski definition) is 1. The van der Waals surface area contributed by atoms with Crippen LogP contribution in [-0.4, -0.2) is 36.7 Å². The molecule has 16 heavy (non-hydrogen) atoms. The molecule has 1 N–H and O–H groups in total. The third-order valence-corrected chi connectivity index (χ3v) is 3.40. The summed E-state index contributed by atoms with van der Waals surface area (Å²) in [7, 11) is 2.19. The lowest BCUT2D eigenvalue weighted by atomic mass is 10.1. The molecule has 0 spiro atoms. The van der Waals surface area contributed by atoms with Gasteiger partial charge in [-0.05, 0) is 46.3 Å². The third-order valence-electron chi connectivity index (χ3n) is 3.40. The molecule has 0 bridgehead atoms. The minimum absolute atomic E-state index is 0.797. The van der Waals surface area contributed by atoms with Crippen LogP contribution in [0.1, 0.15) is 23.4 Å². The number of aromatic nitrogens is 1. The molecule has 1 aromatic rings. The first kappa shape index (κ1) is 11.6. The Balaban J connectivity index is 1.76. The van der Waals surface area contributed by atoms with E-state index in [9.17, 15) is 0 Å². The van der Waals surface area contributed by atoms with Gasteiger partial charge in [0.05, 0.1) is 5.69 Å². The molecule has 4 nitrogen and oxygen atoms in total. The Morgan fingerprint density at radius 3 is 2.88 bits per heavy atom. The molecular formula is C12H21N3O. The van der Waals surface area contributed by atoms with Gasteiger partial charge >= 0.3 is 0 Å². The molecule has 1 atom stereocenters. The summed E-state index contributed by atoms with van der Waals surface area (Å²) >= 11 is 0. The molecule has 2 rings (SSSR count). The van der Waals surface area contributed by atoms with Gasteiger partial charge in [-0.2, -0.15) is 0 Å². The third kappa shape index (κ3) is 2.62. The van der Waals surface area contributed by atoms with Crippen LogP contribution < -0.4 is 5.32 Å². The molecule has 0 saturated carbocycles. The average Bonchev–Trinajstić information content (AvgIpc) is 2.78. The van der Waals surface area contributed by atoms with Gasteiger partial charge in [0, 0.05) is 18.7 Å². The van der Waals surface area contributed by atoms with Crippen molar-refractivity contribution in [2.75, 3.05) is 26.7 Å². The lowest BCUT2D eigenvalue weighted by molar-refractivity contribution is 0.385. The molecule has 0 aliphatic carbocycles. The molecule has 1 saturated heterocycles. The zero-order chi connectivity index (χ0) is 11.5. The van der Waals surface area contributed by atoms with Crippen molar-refractivity contribution in [3.8, 4) is 0 Å². The number of nitrogens with zero attached hydrogens (tertiary/aromatic N) is 2. The van der Waals surface area contributed by atoms with E-state index < -0.39 is 0 Å². The van der Waals surface area contributed by atoms with E-state index >= 15 is 0 Å². The Kier molecular flexibility index (Phi) is 3.61. The molecule has 1 aliphatic rings. The highest BCUT2D eigenvalue weighted by Gasteiger charge is 2.19. The molecule has 2 heterocycles. The average molecular weight is 223 g/mol. The van der Waals surface area contributed by atoms with Gasteiger partial charge in [-0.25, -0.2) is 0 Å². The summed E-state index contributed by atoms with van der Waals surface area (Å²) in [5, 5.41) is 7.46. The Labute approximate surface area is 97.0 Å². The van der Waals surface area contributed by atoms with E-state index in [1.165, 1.54) is 25.1 Å². The summed E-state index contributed by atoms with van der Waals surface area (Å²) in [5.74, 6) is 1.74. The van der Waals surface area contributed by atoms with E-state index in [4.69, 9.17) is 4.52 Å². The number of aryl methyl sites for hydroxylation is 2. The molecule has 1 fully saturated rings. The topological polar surface area (TPSA) is 41.3 Å². The Bertz CT molecular complexity index is 329. The molecule has 0 amide bonds. The van der Waals surface area contributed by atoms with Crippen LogP contribution in [0.25, 0.3) is 0 Å². The van der Waals surface area contributed by atoms with E-state index in [0.717, 1.165) is 30.5 Å². The highest BCUT2D eigenvalue weighted by atomic mass is 16.5. The van der Waals surface area contributed by atoms with Crippen LogP contribution in [0.5, 0.6) is 0 Å². The first-order valence-electron chi connectivity index (χ1n) is 5.98. The Hall–Kier alpha value is -0.870. The fourth-order valence-corrected chi connectivity index (χ4v) is 2.35. The summed E-state index contributed by atoms with van der Waals surface area (Å²) in [6, 6.07) is 0. The highest BCUT2D eigenvalue weighted by Crippen LogP contribution is 2.14. The molecule has 0 radical (unpaired) electrons. The zero-order valence-corrected chi connectivity index (χ0v) is 10.4. The zero-order valence-electron chi connectivity index (χ0n) is 10.4. The van der Waals surface area contributed by atoms with Gasteiger partial charge < -0.3 is 14.7 Å². The second-order valence-electron chi connectivity index (χ2n) is 4.85. The van der Waals surface area contributed by atoms with Crippen molar-refractivity contribution in [3.63, 3.8) is 0 Å². The lowest BCUT2D eigenvalue weighted by Gasteiger charge is -2.11. The van der Waals surface area contributed by atoms with Crippen molar-refractivity contribution in [1.82, 2.24) is 15.4 Å². The number of hydrogen-bond acceptors (Lipinski definition) is 4. The normalized spacial score (nSPS) is 21.8. The standard InChI is InChI=1S/C12H21N3O/c1-9-12(10(2)16-14-9)7-13-6-11-4-5-15(3)8-11/h11,13H,4-8H2,1-3H3. The molecule has 1 unspecified atom stereocenters. The predicted molar refractivity (Wildman–Crippen MR) is 63.3 cm³/mol. The quantitative estimate of drug-likeness (QED) is 0.836. The van der Waals surface area contributed by atoms with Crippen LogP contribution in [0.4, 0.5) is 0 Å². The summed E-state index contributed by atoms with van der Waals surface area (Å²) in [6.45, 7) is 8.39. The second kappa shape index (κ2) is 4.97. The van der Waals surface area contributed by atoms with Gasteiger partial charge in [0.2, 0.25) is 0 Å². The first-order chi connectivity index (χ1) is 7.66. The van der Waals surface area contributed by atoms with Gasteiger partial charge in [0.25, 0.3) is 0 Å². The van der Waals surface area contributed by atoms with Crippen molar-refractivity contribution in [2.24, 2.45) is 5.92 Å². The van der Waals surface area contributed by atoms with E-state index in [1.807, 2.05) is 13.8 Å². The van der Waals surface area contributed by atoms with Crippen LogP contribution >= 0.6 is 0 Å². The molecular weight excluding hydrogens is 202 g/mol. The highest BCUT2D eigenvalue weighted by molar-refractivity contribution is 5.20. The van der Waals surface area contributed by atoms with E-state index in [2.05, 4.69) is 22.4 Å². The van der Waals surface area contributed by atoms with Crippen molar-refractivity contribution < 1.29 is 4.52 Å². The minimum atomic E-state index is 0.797. The van der Waals surface area contributed by atoms with Crippen LogP contribution in [0, 0.1) is 19.8 Å². The SMILES string of the molecule is Cc1noc(C)c1CNCC1CCN(C)C1. The van der Waals surface area contributed by atoms with Crippen molar-refractivity contribution in [1.29, 1.82) is 0 Å². The maximum absolute atomic E-state index is 5.14. The van der Waals surface area contributed by atoms with Crippen LogP contribution in [0.2, 0.25) is 0 Å². The van der Waals surface area contributed by atoms with Crippen LogP contribution in [-0.2, 0) is 6.54 Å². The molecule has 1 aliphatic heterocycles. The predicted octanol–water partition coefficient (Wildman–Crippen LogP) is 1.33. The monoisotopic (exact) mass is 223 g/mol. The van der Waals surface area contributed by atoms with Crippen molar-refractivity contribution in [2.45, 2.75) is 26.8 Å². The molecule has 4 heteroatoms. The van der Waals surface area contributed by atoms with Crippen molar-refractivity contribution in [3.05, 3.63) is 17.0 Å². The summed E-state index contributed by atoms with van der Waals surface area (Å²) in [6.07, 6.45) is 1.31. The fourth-order valence-electron chi connectivity index (χ4n) is 2.35. The maximum atomic E-state index is 5.14.